The Labute approximate surface area is 120 Å². The molecular formula is C14H15N5O2. The Morgan fingerprint density at radius 1 is 1.29 bits per heavy atom. The number of aryl methyl sites for hydroxylation is 1. The van der Waals surface area contributed by atoms with Gasteiger partial charge in [0.05, 0.1) is 13.7 Å². The fourth-order valence-corrected chi connectivity index (χ4v) is 2.22. The third-order valence-corrected chi connectivity index (χ3v) is 3.26. The predicted octanol–water partition coefficient (Wildman–Crippen LogP) is 1.07. The van der Waals surface area contributed by atoms with Crippen molar-refractivity contribution in [2.75, 3.05) is 12.8 Å². The summed E-state index contributed by atoms with van der Waals surface area (Å²) in [6, 6.07) is 7.51. The van der Waals surface area contributed by atoms with E-state index in [0.717, 1.165) is 11.3 Å². The molecule has 0 unspecified atom stereocenters. The molecule has 0 radical (unpaired) electrons. The van der Waals surface area contributed by atoms with Crippen LogP contribution in [0.25, 0.3) is 11.2 Å². The van der Waals surface area contributed by atoms with Gasteiger partial charge in [-0.3, -0.25) is 4.57 Å². The van der Waals surface area contributed by atoms with Gasteiger partial charge in [-0.25, -0.2) is 14.8 Å². The lowest BCUT2D eigenvalue weighted by atomic mass is 10.2. The molecule has 2 aromatic heterocycles. The SMILES string of the molecule is COc1ccc(Cn2c(=O)[nH]c3c(N)nc(C)nc32)cc1. The van der Waals surface area contributed by atoms with Gasteiger partial charge in [-0.05, 0) is 24.6 Å². The number of ether oxygens (including phenoxy) is 1. The summed E-state index contributed by atoms with van der Waals surface area (Å²) in [7, 11) is 1.61. The third kappa shape index (κ3) is 2.33. The number of H-pyrrole nitrogens is 1. The quantitative estimate of drug-likeness (QED) is 0.750. The molecule has 108 valence electrons. The van der Waals surface area contributed by atoms with Gasteiger partial charge < -0.3 is 15.5 Å². The molecule has 7 nitrogen and oxygen atoms in total. The van der Waals surface area contributed by atoms with E-state index >= 15 is 0 Å². The molecule has 0 aliphatic heterocycles. The van der Waals surface area contributed by atoms with Crippen LogP contribution in [-0.2, 0) is 6.54 Å². The molecule has 0 saturated heterocycles. The summed E-state index contributed by atoms with van der Waals surface area (Å²) in [5, 5.41) is 0. The molecule has 0 spiro atoms. The molecule has 1 aromatic carbocycles. The van der Waals surface area contributed by atoms with E-state index in [0.29, 0.717) is 23.5 Å². The van der Waals surface area contributed by atoms with Crippen LogP contribution in [-0.4, -0.2) is 26.6 Å². The number of fused-ring (bicyclic) bond motifs is 1. The van der Waals surface area contributed by atoms with Gasteiger partial charge in [-0.2, -0.15) is 0 Å². The fourth-order valence-electron chi connectivity index (χ4n) is 2.22. The lowest BCUT2D eigenvalue weighted by Crippen LogP contribution is -2.17. The summed E-state index contributed by atoms with van der Waals surface area (Å²) in [5.74, 6) is 1.58. The highest BCUT2D eigenvalue weighted by atomic mass is 16.5. The van der Waals surface area contributed by atoms with Crippen LogP contribution in [0.3, 0.4) is 0 Å². The normalized spacial score (nSPS) is 11.0. The molecule has 2 heterocycles. The summed E-state index contributed by atoms with van der Waals surface area (Å²) in [6.45, 7) is 2.14. The molecule has 0 fully saturated rings. The van der Waals surface area contributed by atoms with Crippen molar-refractivity contribution in [3.8, 4) is 5.75 Å². The smallest absolute Gasteiger partial charge is 0.328 e. The molecule has 3 aromatic rings. The molecule has 0 bridgehead atoms. The van der Waals surface area contributed by atoms with E-state index in [1.807, 2.05) is 24.3 Å². The average molecular weight is 285 g/mol. The zero-order chi connectivity index (χ0) is 15.0. The molecule has 0 aliphatic carbocycles. The number of rotatable bonds is 3. The minimum absolute atomic E-state index is 0.257. The van der Waals surface area contributed by atoms with Crippen molar-refractivity contribution in [2.24, 2.45) is 0 Å². The van der Waals surface area contributed by atoms with E-state index in [2.05, 4.69) is 15.0 Å². The van der Waals surface area contributed by atoms with Crippen LogP contribution in [0.5, 0.6) is 5.75 Å². The van der Waals surface area contributed by atoms with Gasteiger partial charge >= 0.3 is 5.69 Å². The number of nitrogens with two attached hydrogens (primary N) is 1. The second kappa shape index (κ2) is 4.93. The van der Waals surface area contributed by atoms with Gasteiger partial charge in [0.15, 0.2) is 11.5 Å². The van der Waals surface area contributed by atoms with E-state index < -0.39 is 0 Å². The van der Waals surface area contributed by atoms with Crippen molar-refractivity contribution < 1.29 is 4.74 Å². The van der Waals surface area contributed by atoms with Crippen molar-refractivity contribution in [1.29, 1.82) is 0 Å². The van der Waals surface area contributed by atoms with E-state index in [-0.39, 0.29) is 11.5 Å². The molecule has 0 amide bonds. The number of anilines is 1. The lowest BCUT2D eigenvalue weighted by Gasteiger charge is -2.05. The van der Waals surface area contributed by atoms with Gasteiger partial charge in [0.2, 0.25) is 0 Å². The van der Waals surface area contributed by atoms with Crippen LogP contribution < -0.4 is 16.2 Å². The molecule has 0 atom stereocenters. The molecular weight excluding hydrogens is 270 g/mol. The summed E-state index contributed by atoms with van der Waals surface area (Å²) in [4.78, 5) is 23.1. The number of methoxy groups -OCH3 is 1. The third-order valence-electron chi connectivity index (χ3n) is 3.26. The molecule has 0 aliphatic rings. The lowest BCUT2D eigenvalue weighted by molar-refractivity contribution is 0.414. The number of hydrogen-bond donors (Lipinski definition) is 2. The minimum atomic E-state index is -0.257. The Hall–Kier alpha value is -2.83. The highest BCUT2D eigenvalue weighted by molar-refractivity contribution is 5.81. The number of nitrogens with one attached hydrogen (secondary N) is 1. The van der Waals surface area contributed by atoms with Crippen molar-refractivity contribution in [2.45, 2.75) is 13.5 Å². The van der Waals surface area contributed by atoms with Crippen molar-refractivity contribution in [3.05, 3.63) is 46.1 Å². The van der Waals surface area contributed by atoms with Gasteiger partial charge in [-0.1, -0.05) is 12.1 Å². The summed E-state index contributed by atoms with van der Waals surface area (Å²) in [6.07, 6.45) is 0. The Kier molecular flexibility index (Phi) is 3.09. The number of benzene rings is 1. The highest BCUT2D eigenvalue weighted by Gasteiger charge is 2.12. The Morgan fingerprint density at radius 2 is 2.00 bits per heavy atom. The molecule has 21 heavy (non-hydrogen) atoms. The monoisotopic (exact) mass is 285 g/mol. The summed E-state index contributed by atoms with van der Waals surface area (Å²) >= 11 is 0. The van der Waals surface area contributed by atoms with Crippen LogP contribution in [0, 0.1) is 6.92 Å². The second-order valence-corrected chi connectivity index (χ2v) is 4.72. The van der Waals surface area contributed by atoms with Crippen LogP contribution >= 0.6 is 0 Å². The maximum Gasteiger partial charge on any atom is 0.328 e. The molecule has 3 rings (SSSR count). The first kappa shape index (κ1) is 13.2. The Balaban J connectivity index is 2.07. The average Bonchev–Trinajstić information content (AvgIpc) is 2.77. The van der Waals surface area contributed by atoms with Gasteiger partial charge in [0, 0.05) is 0 Å². The topological polar surface area (TPSA) is 98.8 Å². The van der Waals surface area contributed by atoms with Crippen LogP contribution in [0.4, 0.5) is 5.82 Å². The summed E-state index contributed by atoms with van der Waals surface area (Å²) in [5.41, 5.74) is 7.51. The number of aromatic nitrogens is 4. The highest BCUT2D eigenvalue weighted by Crippen LogP contribution is 2.16. The van der Waals surface area contributed by atoms with Crippen molar-refractivity contribution in [1.82, 2.24) is 19.5 Å². The van der Waals surface area contributed by atoms with E-state index in [1.54, 1.807) is 18.6 Å². The molecule has 7 heteroatoms. The fraction of sp³-hybridized carbons (Fsp3) is 0.214. The maximum absolute atomic E-state index is 12.1. The van der Waals surface area contributed by atoms with E-state index in [1.165, 1.54) is 0 Å². The zero-order valence-electron chi connectivity index (χ0n) is 11.8. The Morgan fingerprint density at radius 3 is 2.67 bits per heavy atom. The first-order valence-corrected chi connectivity index (χ1v) is 6.44. The van der Waals surface area contributed by atoms with Gasteiger partial charge in [0.25, 0.3) is 0 Å². The number of nitrogen functional groups attached to an aromatic ring is 1. The van der Waals surface area contributed by atoms with Crippen LogP contribution in [0.2, 0.25) is 0 Å². The molecule has 3 N–H and O–H groups in total. The predicted molar refractivity (Wildman–Crippen MR) is 79.4 cm³/mol. The second-order valence-electron chi connectivity index (χ2n) is 4.72. The van der Waals surface area contributed by atoms with Crippen molar-refractivity contribution in [3.63, 3.8) is 0 Å². The van der Waals surface area contributed by atoms with E-state index in [9.17, 15) is 4.79 Å². The number of aromatic amines is 1. The van der Waals surface area contributed by atoms with Gasteiger partial charge in [-0.15, -0.1) is 0 Å². The number of hydrogen-bond acceptors (Lipinski definition) is 5. The standard InChI is InChI=1S/C14H15N5O2/c1-8-16-12(15)11-13(17-8)19(14(20)18-11)7-9-3-5-10(21-2)6-4-9/h3-6H,7H2,1-2H3,(H,18,20)(H2,15,16,17). The first-order chi connectivity index (χ1) is 10.1. The summed E-state index contributed by atoms with van der Waals surface area (Å²) < 4.78 is 6.66. The molecule has 0 saturated carbocycles. The maximum atomic E-state index is 12.1. The largest absolute Gasteiger partial charge is 0.497 e. The van der Waals surface area contributed by atoms with Gasteiger partial charge in [0.1, 0.15) is 17.1 Å². The van der Waals surface area contributed by atoms with Crippen LogP contribution in [0.1, 0.15) is 11.4 Å². The Bertz CT molecular complexity index is 848. The minimum Gasteiger partial charge on any atom is -0.497 e. The van der Waals surface area contributed by atoms with Crippen LogP contribution in [0.15, 0.2) is 29.1 Å². The van der Waals surface area contributed by atoms with E-state index in [4.69, 9.17) is 10.5 Å². The zero-order valence-corrected chi connectivity index (χ0v) is 11.8. The van der Waals surface area contributed by atoms with Crippen molar-refractivity contribution >= 4 is 17.0 Å². The number of imidazole rings is 1. The first-order valence-electron chi connectivity index (χ1n) is 6.44. The number of nitrogens with zero attached hydrogens (tertiary/aromatic N) is 3.